The fourth-order valence-corrected chi connectivity index (χ4v) is 4.97. The van der Waals surface area contributed by atoms with E-state index in [4.69, 9.17) is 14.7 Å². The standard InChI is InChI=1S/C27H36N6O4/c1-17-16-37-14-13-33(17)24-21-15-32(25(34)27(2,3)36)12-11-22(21)30-23(31-24)18-7-9-20(10-8-18)29-26(35)28-19-5-4-6-19/h7-10,17,19,36H,4-6,11-16H2,1-3H3,(H2,28,29,35)/t17-/m0/s1. The van der Waals surface area contributed by atoms with E-state index in [1.165, 1.54) is 20.3 Å². The fraction of sp³-hybridized carbons (Fsp3) is 0.556. The van der Waals surface area contributed by atoms with Crippen LogP contribution in [0.4, 0.5) is 16.3 Å². The van der Waals surface area contributed by atoms with Crippen molar-refractivity contribution in [3.05, 3.63) is 35.5 Å². The first-order chi connectivity index (χ1) is 17.7. The number of aromatic nitrogens is 2. The predicted octanol–water partition coefficient (Wildman–Crippen LogP) is 2.70. The smallest absolute Gasteiger partial charge is 0.319 e. The molecule has 3 N–H and O–H groups in total. The summed E-state index contributed by atoms with van der Waals surface area (Å²) >= 11 is 0. The maximum Gasteiger partial charge on any atom is 0.319 e. The van der Waals surface area contributed by atoms with E-state index in [2.05, 4.69) is 22.5 Å². The van der Waals surface area contributed by atoms with Gasteiger partial charge in [0.15, 0.2) is 5.82 Å². The molecule has 3 amide bonds. The summed E-state index contributed by atoms with van der Waals surface area (Å²) in [5.41, 5.74) is 1.97. The molecule has 0 unspecified atom stereocenters. The lowest BCUT2D eigenvalue weighted by molar-refractivity contribution is -0.148. The molecule has 5 rings (SSSR count). The highest BCUT2D eigenvalue weighted by molar-refractivity contribution is 5.89. The number of amides is 3. The maximum atomic E-state index is 12.8. The molecule has 2 aliphatic heterocycles. The number of anilines is 2. The van der Waals surface area contributed by atoms with Crippen LogP contribution >= 0.6 is 0 Å². The van der Waals surface area contributed by atoms with Gasteiger partial charge < -0.3 is 30.3 Å². The SMILES string of the molecule is C[C@H]1COCCN1c1nc(-c2ccc(NC(=O)NC3CCC3)cc2)nc2c1CN(C(=O)C(C)(C)O)CC2. The molecule has 10 heteroatoms. The minimum atomic E-state index is -1.44. The summed E-state index contributed by atoms with van der Waals surface area (Å²) in [5, 5.41) is 16.2. The Bertz CT molecular complexity index is 1160. The van der Waals surface area contributed by atoms with Gasteiger partial charge in [0.25, 0.3) is 5.91 Å². The van der Waals surface area contributed by atoms with Gasteiger partial charge in [0.1, 0.15) is 11.4 Å². The third-order valence-electron chi connectivity index (χ3n) is 7.33. The number of hydrogen-bond acceptors (Lipinski definition) is 7. The van der Waals surface area contributed by atoms with Crippen molar-refractivity contribution in [2.24, 2.45) is 0 Å². The second-order valence-electron chi connectivity index (χ2n) is 10.8. The summed E-state index contributed by atoms with van der Waals surface area (Å²) in [5.74, 6) is 1.12. The second kappa shape index (κ2) is 10.3. The highest BCUT2D eigenvalue weighted by atomic mass is 16.5. The van der Waals surface area contributed by atoms with E-state index in [1.54, 1.807) is 4.90 Å². The molecular weight excluding hydrogens is 472 g/mol. The van der Waals surface area contributed by atoms with E-state index in [0.29, 0.717) is 50.8 Å². The molecule has 10 nitrogen and oxygen atoms in total. The minimum Gasteiger partial charge on any atom is -0.381 e. The third kappa shape index (κ3) is 5.55. The van der Waals surface area contributed by atoms with E-state index in [1.807, 2.05) is 24.3 Å². The van der Waals surface area contributed by atoms with Crippen molar-refractivity contribution in [3.63, 3.8) is 0 Å². The number of carbonyl (C=O) groups excluding carboxylic acids is 2. The lowest BCUT2D eigenvalue weighted by atomic mass is 9.93. The van der Waals surface area contributed by atoms with Crippen LogP contribution in [0.3, 0.4) is 0 Å². The molecule has 3 aliphatic rings. The number of carbonyl (C=O) groups is 2. The number of nitrogens with zero attached hydrogens (tertiary/aromatic N) is 4. The normalized spacial score (nSPS) is 20.2. The highest BCUT2D eigenvalue weighted by Gasteiger charge is 2.35. The molecule has 3 heterocycles. The Morgan fingerprint density at radius 3 is 2.54 bits per heavy atom. The maximum absolute atomic E-state index is 12.8. The number of urea groups is 1. The van der Waals surface area contributed by atoms with E-state index < -0.39 is 5.60 Å². The number of hydrogen-bond donors (Lipinski definition) is 3. The number of aliphatic hydroxyl groups is 1. The van der Waals surface area contributed by atoms with Crippen LogP contribution in [0.15, 0.2) is 24.3 Å². The zero-order valence-corrected chi connectivity index (χ0v) is 21.8. The van der Waals surface area contributed by atoms with Gasteiger partial charge in [0.2, 0.25) is 0 Å². The van der Waals surface area contributed by atoms with Crippen molar-refractivity contribution in [2.75, 3.05) is 36.5 Å². The zero-order chi connectivity index (χ0) is 26.2. The van der Waals surface area contributed by atoms with E-state index in [0.717, 1.165) is 35.5 Å². The Morgan fingerprint density at radius 2 is 1.89 bits per heavy atom. The Labute approximate surface area is 217 Å². The molecule has 1 atom stereocenters. The van der Waals surface area contributed by atoms with Gasteiger partial charge in [-0.3, -0.25) is 4.79 Å². The molecule has 1 saturated heterocycles. The Hall–Kier alpha value is -3.24. The summed E-state index contributed by atoms with van der Waals surface area (Å²) in [6.45, 7) is 7.89. The van der Waals surface area contributed by atoms with Gasteiger partial charge in [0.05, 0.1) is 31.5 Å². The molecule has 1 aliphatic carbocycles. The van der Waals surface area contributed by atoms with Crippen LogP contribution in [-0.2, 0) is 22.5 Å². The lowest BCUT2D eigenvalue weighted by Crippen LogP contribution is -2.49. The number of benzene rings is 1. The fourth-order valence-electron chi connectivity index (χ4n) is 4.97. The number of morpholine rings is 1. The summed E-state index contributed by atoms with van der Waals surface area (Å²) in [6, 6.07) is 7.77. The molecular formula is C27H36N6O4. The van der Waals surface area contributed by atoms with Crippen LogP contribution < -0.4 is 15.5 Å². The van der Waals surface area contributed by atoms with E-state index >= 15 is 0 Å². The lowest BCUT2D eigenvalue weighted by Gasteiger charge is -2.39. The Kier molecular flexibility index (Phi) is 7.04. The van der Waals surface area contributed by atoms with Crippen molar-refractivity contribution < 1.29 is 19.4 Å². The predicted molar refractivity (Wildman–Crippen MR) is 140 cm³/mol. The summed E-state index contributed by atoms with van der Waals surface area (Å²) in [6.07, 6.45) is 3.82. The molecule has 1 saturated carbocycles. The molecule has 198 valence electrons. The Morgan fingerprint density at radius 1 is 1.14 bits per heavy atom. The van der Waals surface area contributed by atoms with Crippen molar-refractivity contribution in [1.29, 1.82) is 0 Å². The average molecular weight is 509 g/mol. The van der Waals surface area contributed by atoms with Gasteiger partial charge in [-0.15, -0.1) is 0 Å². The monoisotopic (exact) mass is 508 g/mol. The first-order valence-electron chi connectivity index (χ1n) is 13.1. The van der Waals surface area contributed by atoms with Crippen LogP contribution in [0.1, 0.15) is 51.3 Å². The van der Waals surface area contributed by atoms with E-state index in [-0.39, 0.29) is 24.0 Å². The molecule has 2 aromatic rings. The number of nitrogens with one attached hydrogen (secondary N) is 2. The summed E-state index contributed by atoms with van der Waals surface area (Å²) < 4.78 is 5.65. The average Bonchev–Trinajstić information content (AvgIpc) is 2.85. The first-order valence-corrected chi connectivity index (χ1v) is 13.1. The van der Waals surface area contributed by atoms with Crippen LogP contribution in [0.25, 0.3) is 11.4 Å². The van der Waals surface area contributed by atoms with Gasteiger partial charge >= 0.3 is 6.03 Å². The van der Waals surface area contributed by atoms with Crippen LogP contribution in [-0.4, -0.2) is 75.9 Å². The van der Waals surface area contributed by atoms with Gasteiger partial charge in [-0.05, 0) is 64.3 Å². The second-order valence-corrected chi connectivity index (χ2v) is 10.8. The quantitative estimate of drug-likeness (QED) is 0.568. The number of fused-ring (bicyclic) bond motifs is 1. The molecule has 0 bridgehead atoms. The van der Waals surface area contributed by atoms with Crippen molar-refractivity contribution in [3.8, 4) is 11.4 Å². The van der Waals surface area contributed by atoms with E-state index in [9.17, 15) is 14.7 Å². The Balaban J connectivity index is 1.42. The molecule has 1 aromatic heterocycles. The molecule has 2 fully saturated rings. The minimum absolute atomic E-state index is 0.127. The molecule has 0 radical (unpaired) electrons. The number of ether oxygens (including phenoxy) is 1. The van der Waals surface area contributed by atoms with Crippen molar-refractivity contribution in [2.45, 2.75) is 70.7 Å². The van der Waals surface area contributed by atoms with Gasteiger partial charge in [-0.25, -0.2) is 14.8 Å². The number of rotatable bonds is 5. The van der Waals surface area contributed by atoms with Crippen molar-refractivity contribution in [1.82, 2.24) is 20.2 Å². The third-order valence-corrected chi connectivity index (χ3v) is 7.33. The zero-order valence-electron chi connectivity index (χ0n) is 21.8. The van der Waals surface area contributed by atoms with Gasteiger partial charge in [-0.1, -0.05) is 0 Å². The summed E-state index contributed by atoms with van der Waals surface area (Å²) in [4.78, 5) is 38.8. The largest absolute Gasteiger partial charge is 0.381 e. The van der Waals surface area contributed by atoms with Gasteiger partial charge in [-0.2, -0.15) is 0 Å². The topological polar surface area (TPSA) is 120 Å². The van der Waals surface area contributed by atoms with Crippen LogP contribution in [0, 0.1) is 0 Å². The van der Waals surface area contributed by atoms with Crippen LogP contribution in [0.2, 0.25) is 0 Å². The van der Waals surface area contributed by atoms with Crippen molar-refractivity contribution >= 4 is 23.4 Å². The first kappa shape index (κ1) is 25.4. The molecule has 1 aromatic carbocycles. The van der Waals surface area contributed by atoms with Crippen LogP contribution in [0.5, 0.6) is 0 Å². The molecule has 0 spiro atoms. The summed E-state index contributed by atoms with van der Waals surface area (Å²) in [7, 11) is 0. The van der Waals surface area contributed by atoms with Gasteiger partial charge in [0, 0.05) is 42.4 Å². The highest BCUT2D eigenvalue weighted by Crippen LogP contribution is 2.32. The molecule has 37 heavy (non-hydrogen) atoms.